The third kappa shape index (κ3) is 6.28. The lowest BCUT2D eigenvalue weighted by molar-refractivity contribution is -0.0391. The molecule has 0 aromatic carbocycles. The minimum atomic E-state index is 0.400. The molecule has 56 valence electrons. The van der Waals surface area contributed by atoms with Gasteiger partial charge in [0.25, 0.3) is 0 Å². The van der Waals surface area contributed by atoms with E-state index >= 15 is 0 Å². The van der Waals surface area contributed by atoms with Crippen molar-refractivity contribution in [1.82, 2.24) is 0 Å². The number of rotatable bonds is 5. The third-order valence-electron chi connectivity index (χ3n) is 0.867. The van der Waals surface area contributed by atoms with Crippen LogP contribution in [0, 0.1) is 5.92 Å². The van der Waals surface area contributed by atoms with Gasteiger partial charge < -0.3 is 9.47 Å². The average molecular weight is 197 g/mol. The van der Waals surface area contributed by atoms with Crippen molar-refractivity contribution in [2.75, 3.05) is 25.8 Å². The smallest absolute Gasteiger partial charge is 0.146 e. The molecule has 0 aromatic heterocycles. The molecule has 0 saturated heterocycles. The minimum absolute atomic E-state index is 0.400. The first kappa shape index (κ1) is 9.40. The van der Waals surface area contributed by atoms with E-state index < -0.39 is 0 Å². The molecule has 0 rings (SSSR count). The van der Waals surface area contributed by atoms with Gasteiger partial charge in [-0.15, -0.1) is 0 Å². The van der Waals surface area contributed by atoms with Crippen molar-refractivity contribution in [3.05, 3.63) is 0 Å². The molecule has 1 atom stereocenters. The maximum Gasteiger partial charge on any atom is 0.146 e. The van der Waals surface area contributed by atoms with Crippen LogP contribution in [-0.4, -0.2) is 25.8 Å². The highest BCUT2D eigenvalue weighted by Crippen LogP contribution is 1.99. The summed E-state index contributed by atoms with van der Waals surface area (Å²) in [5.41, 5.74) is 0. The van der Waals surface area contributed by atoms with Crippen LogP contribution in [0.1, 0.15) is 6.92 Å². The van der Waals surface area contributed by atoms with Gasteiger partial charge in [0, 0.05) is 12.4 Å². The summed E-state index contributed by atoms with van der Waals surface area (Å²) >= 11 is 3.35. The maximum absolute atomic E-state index is 5.08. The molecule has 0 unspecified atom stereocenters. The third-order valence-corrected chi connectivity index (χ3v) is 1.97. The summed E-state index contributed by atoms with van der Waals surface area (Å²) in [5.74, 6) is 0.570. The molecule has 3 heteroatoms. The molecule has 0 aromatic rings. The fourth-order valence-electron chi connectivity index (χ4n) is 0.377. The van der Waals surface area contributed by atoms with Gasteiger partial charge in [0.15, 0.2) is 0 Å². The lowest BCUT2D eigenvalue weighted by Crippen LogP contribution is -2.08. The molecule has 0 heterocycles. The molecular weight excluding hydrogens is 184 g/mol. The summed E-state index contributed by atoms with van der Waals surface area (Å²) in [7, 11) is 1.62. The van der Waals surface area contributed by atoms with Crippen molar-refractivity contribution >= 4 is 15.9 Å². The Kier molecular flexibility index (Phi) is 6.81. The topological polar surface area (TPSA) is 18.5 Å². The Morgan fingerprint density at radius 3 is 2.67 bits per heavy atom. The van der Waals surface area contributed by atoms with Crippen LogP contribution < -0.4 is 0 Å². The number of halogens is 1. The number of hydrogen-bond acceptors (Lipinski definition) is 2. The largest absolute Gasteiger partial charge is 0.359 e. The van der Waals surface area contributed by atoms with Crippen molar-refractivity contribution in [3.63, 3.8) is 0 Å². The average Bonchev–Trinajstić information content (AvgIpc) is 1.89. The van der Waals surface area contributed by atoms with Gasteiger partial charge in [-0.3, -0.25) is 0 Å². The van der Waals surface area contributed by atoms with Crippen LogP contribution in [0.4, 0.5) is 0 Å². The highest BCUT2D eigenvalue weighted by atomic mass is 79.9. The maximum atomic E-state index is 5.08. The van der Waals surface area contributed by atoms with E-state index in [9.17, 15) is 0 Å². The number of alkyl halides is 1. The first-order valence-electron chi connectivity index (χ1n) is 2.94. The summed E-state index contributed by atoms with van der Waals surface area (Å²) in [6.45, 7) is 3.28. The fraction of sp³-hybridized carbons (Fsp3) is 1.00. The second-order valence-electron chi connectivity index (χ2n) is 2.04. The summed E-state index contributed by atoms with van der Waals surface area (Å²) in [4.78, 5) is 0. The van der Waals surface area contributed by atoms with Gasteiger partial charge in [-0.25, -0.2) is 0 Å². The normalized spacial score (nSPS) is 13.7. The van der Waals surface area contributed by atoms with Crippen LogP contribution >= 0.6 is 15.9 Å². The van der Waals surface area contributed by atoms with Crippen molar-refractivity contribution < 1.29 is 9.47 Å². The zero-order valence-electron chi connectivity index (χ0n) is 5.89. The van der Waals surface area contributed by atoms with Crippen LogP contribution in [-0.2, 0) is 9.47 Å². The Morgan fingerprint density at radius 2 is 2.22 bits per heavy atom. The van der Waals surface area contributed by atoms with Crippen molar-refractivity contribution in [2.45, 2.75) is 6.92 Å². The standard InChI is InChI=1S/C6H13BrO2/c1-6(3-7)4-9-5-8-2/h6H,3-5H2,1-2H3/t6-/m0/s1. The Labute approximate surface area is 64.7 Å². The minimum Gasteiger partial charge on any atom is -0.359 e. The highest BCUT2D eigenvalue weighted by molar-refractivity contribution is 9.09. The SMILES string of the molecule is COCOC[C@@H](C)CBr. The molecule has 0 saturated carbocycles. The van der Waals surface area contributed by atoms with Crippen molar-refractivity contribution in [1.29, 1.82) is 0 Å². The molecule has 0 bridgehead atoms. The lowest BCUT2D eigenvalue weighted by atomic mass is 10.2. The molecule has 0 aliphatic rings. The van der Waals surface area contributed by atoms with Gasteiger partial charge in [-0.1, -0.05) is 22.9 Å². The van der Waals surface area contributed by atoms with E-state index in [0.717, 1.165) is 11.9 Å². The highest BCUT2D eigenvalue weighted by Gasteiger charge is 1.97. The second kappa shape index (κ2) is 6.52. The lowest BCUT2D eigenvalue weighted by Gasteiger charge is -2.06. The van der Waals surface area contributed by atoms with Crippen LogP contribution in [0.3, 0.4) is 0 Å². The zero-order chi connectivity index (χ0) is 7.11. The molecule has 0 fully saturated rings. The Bertz CT molecular complexity index is 59.0. The molecule has 0 radical (unpaired) electrons. The second-order valence-corrected chi connectivity index (χ2v) is 2.68. The van der Waals surface area contributed by atoms with Crippen LogP contribution in [0.5, 0.6) is 0 Å². The van der Waals surface area contributed by atoms with Crippen molar-refractivity contribution in [2.24, 2.45) is 5.92 Å². The molecule has 9 heavy (non-hydrogen) atoms. The quantitative estimate of drug-likeness (QED) is 0.379. The Hall–Kier alpha value is 0.400. The van der Waals surface area contributed by atoms with Gasteiger partial charge in [0.1, 0.15) is 6.79 Å². The molecule has 0 amide bonds. The molecule has 0 aliphatic heterocycles. The monoisotopic (exact) mass is 196 g/mol. The van der Waals surface area contributed by atoms with E-state index in [2.05, 4.69) is 22.9 Å². The molecule has 0 N–H and O–H groups in total. The van der Waals surface area contributed by atoms with Gasteiger partial charge >= 0.3 is 0 Å². The van der Waals surface area contributed by atoms with Gasteiger partial charge in [-0.05, 0) is 5.92 Å². The predicted molar refractivity (Wildman–Crippen MR) is 40.8 cm³/mol. The van der Waals surface area contributed by atoms with Gasteiger partial charge in [0.2, 0.25) is 0 Å². The number of hydrogen-bond donors (Lipinski definition) is 0. The number of methoxy groups -OCH3 is 1. The first-order chi connectivity index (χ1) is 4.31. The van der Waals surface area contributed by atoms with E-state index in [1.807, 2.05) is 0 Å². The van der Waals surface area contributed by atoms with Crippen LogP contribution in [0.15, 0.2) is 0 Å². The molecular formula is C6H13BrO2. The van der Waals surface area contributed by atoms with Crippen LogP contribution in [0.25, 0.3) is 0 Å². The van der Waals surface area contributed by atoms with Gasteiger partial charge in [-0.2, -0.15) is 0 Å². The van der Waals surface area contributed by atoms with Crippen molar-refractivity contribution in [3.8, 4) is 0 Å². The molecule has 0 aliphatic carbocycles. The summed E-state index contributed by atoms with van der Waals surface area (Å²) < 4.78 is 9.78. The van der Waals surface area contributed by atoms with Gasteiger partial charge in [0.05, 0.1) is 6.61 Å². The van der Waals surface area contributed by atoms with E-state index in [0.29, 0.717) is 12.7 Å². The van der Waals surface area contributed by atoms with E-state index in [1.165, 1.54) is 0 Å². The first-order valence-corrected chi connectivity index (χ1v) is 4.06. The Morgan fingerprint density at radius 1 is 1.56 bits per heavy atom. The number of ether oxygens (including phenoxy) is 2. The predicted octanol–water partition coefficient (Wildman–Crippen LogP) is 1.64. The van der Waals surface area contributed by atoms with E-state index in [1.54, 1.807) is 7.11 Å². The van der Waals surface area contributed by atoms with E-state index in [-0.39, 0.29) is 0 Å². The fourth-order valence-corrected chi connectivity index (χ4v) is 0.564. The summed E-state index contributed by atoms with van der Waals surface area (Å²) in [6, 6.07) is 0. The van der Waals surface area contributed by atoms with Crippen LogP contribution in [0.2, 0.25) is 0 Å². The Balaban J connectivity index is 2.88. The zero-order valence-corrected chi connectivity index (χ0v) is 7.48. The summed E-state index contributed by atoms with van der Waals surface area (Å²) in [6.07, 6.45) is 0. The molecule has 0 spiro atoms. The summed E-state index contributed by atoms with van der Waals surface area (Å²) in [5, 5.41) is 0.983. The van der Waals surface area contributed by atoms with E-state index in [4.69, 9.17) is 9.47 Å². The molecule has 2 nitrogen and oxygen atoms in total.